The fourth-order valence-electron chi connectivity index (χ4n) is 5.33. The van der Waals surface area contributed by atoms with Gasteiger partial charge in [0.05, 0.1) is 19.6 Å². The van der Waals surface area contributed by atoms with Crippen molar-refractivity contribution in [1.82, 2.24) is 0 Å². The van der Waals surface area contributed by atoms with Gasteiger partial charge in [0.15, 0.2) is 0 Å². The van der Waals surface area contributed by atoms with Crippen LogP contribution in [0.1, 0.15) is 7.43 Å². The smallest absolute Gasteiger partial charge is 0.132 e. The number of halogens is 10. The van der Waals surface area contributed by atoms with Crippen LogP contribution in [0.4, 0.5) is 17.6 Å². The van der Waals surface area contributed by atoms with Crippen LogP contribution in [-0.2, 0) is 0 Å². The first-order valence-corrected chi connectivity index (χ1v) is 19.2. The van der Waals surface area contributed by atoms with E-state index in [1.165, 1.54) is 38.5 Å². The molecule has 0 unspecified atom stereocenters. The van der Waals surface area contributed by atoms with Crippen LogP contribution in [0.2, 0.25) is 0 Å². The lowest BCUT2D eigenvalue weighted by molar-refractivity contribution is 0.415. The van der Waals surface area contributed by atoms with E-state index in [4.69, 9.17) is 32.7 Å². The van der Waals surface area contributed by atoms with Crippen molar-refractivity contribution < 1.29 is 37.2 Å². The largest absolute Gasteiger partial charge is 0.507 e. The topological polar surface area (TPSA) is 58.9 Å². The van der Waals surface area contributed by atoms with E-state index in [0.717, 1.165) is 33.2 Å². The van der Waals surface area contributed by atoms with Crippen LogP contribution in [-0.4, -0.2) is 29.8 Å². The first kappa shape index (κ1) is 45.1. The second-order valence-corrected chi connectivity index (χ2v) is 15.1. The van der Waals surface area contributed by atoms with E-state index in [9.17, 15) is 27.8 Å². The molecule has 0 atom stereocenters. The molecule has 0 heterocycles. The quantitative estimate of drug-likeness (QED) is 0.129. The van der Waals surface area contributed by atoms with Gasteiger partial charge in [-0.1, -0.05) is 71.1 Å². The maximum atomic E-state index is 14.9. The molecular formula is C40H30Br4Cl2F4O4. The molecule has 0 aliphatic heterocycles. The maximum absolute atomic E-state index is 14.9. The standard InChI is InChI=1S/C20H14Br2F2O2.C18H10Br2F2O2.CH2Cl2.CH4/c1-25-17-7-3-11(21)9-13(17)19-15(23)5-6-16(24)20(19)14-10-12(22)4-8-18(14)26-2;19-9-1-5-15(23)11(7-9)17-13(21)3-4-14(22)18(17)12-8-10(20)2-6-16(12)24;2-1-3;/h3-10H,1-2H3;1-8,23-24H;1H2;1H4. The number of aromatic hydroxyl groups is 2. The predicted octanol–water partition coefficient (Wildman–Crippen LogP) is 15.1. The maximum Gasteiger partial charge on any atom is 0.132 e. The minimum atomic E-state index is -0.709. The Morgan fingerprint density at radius 2 is 0.704 bits per heavy atom. The number of hydrogen-bond acceptors (Lipinski definition) is 4. The summed E-state index contributed by atoms with van der Waals surface area (Å²) >= 11 is 22.8. The second kappa shape index (κ2) is 20.6. The molecule has 0 fully saturated rings. The van der Waals surface area contributed by atoms with Crippen LogP contribution in [0.15, 0.2) is 115 Å². The molecule has 0 spiro atoms. The molecule has 2 N–H and O–H groups in total. The zero-order valence-electron chi connectivity index (χ0n) is 27.4. The van der Waals surface area contributed by atoms with Crippen molar-refractivity contribution in [3.63, 3.8) is 0 Å². The van der Waals surface area contributed by atoms with Crippen molar-refractivity contribution >= 4 is 86.9 Å². The Morgan fingerprint density at radius 3 is 0.981 bits per heavy atom. The number of phenolic OH excluding ortho intramolecular Hbond substituents is 2. The fraction of sp³-hybridized carbons (Fsp3) is 0.100. The molecule has 6 rings (SSSR count). The molecule has 0 aromatic heterocycles. The Bertz CT molecular complexity index is 2110. The first-order valence-electron chi connectivity index (χ1n) is 15.0. The zero-order chi connectivity index (χ0) is 39.0. The Morgan fingerprint density at radius 1 is 0.463 bits per heavy atom. The highest BCUT2D eigenvalue weighted by Gasteiger charge is 2.24. The minimum absolute atomic E-state index is 0. The molecule has 14 heteroatoms. The highest BCUT2D eigenvalue weighted by Crippen LogP contribution is 2.46. The number of benzene rings is 6. The van der Waals surface area contributed by atoms with Crippen LogP contribution >= 0.6 is 86.9 Å². The van der Waals surface area contributed by atoms with Gasteiger partial charge >= 0.3 is 0 Å². The molecule has 0 saturated heterocycles. The monoisotopic (exact) mass is 1040 g/mol. The molecule has 0 aliphatic carbocycles. The fourth-order valence-corrected chi connectivity index (χ4v) is 6.77. The summed E-state index contributed by atoms with van der Waals surface area (Å²) in [6, 6.07) is 23.5. The summed E-state index contributed by atoms with van der Waals surface area (Å²) in [5.41, 5.74) is 1.10. The lowest BCUT2D eigenvalue weighted by Gasteiger charge is -2.17. The third-order valence-electron chi connectivity index (χ3n) is 7.52. The van der Waals surface area contributed by atoms with Gasteiger partial charge in [0.1, 0.15) is 46.3 Å². The highest BCUT2D eigenvalue weighted by molar-refractivity contribution is 9.11. The van der Waals surface area contributed by atoms with Gasteiger partial charge in [0, 0.05) is 62.4 Å². The molecule has 0 saturated carbocycles. The number of ether oxygens (including phenoxy) is 2. The number of alkyl halides is 2. The number of methoxy groups -OCH3 is 2. The van der Waals surface area contributed by atoms with Crippen molar-refractivity contribution in [1.29, 1.82) is 0 Å². The van der Waals surface area contributed by atoms with Gasteiger partial charge in [-0.3, -0.25) is 0 Å². The SMILES string of the molecule is C.COc1ccc(Br)cc1-c1c(F)ccc(F)c1-c1cc(Br)ccc1OC.ClCCl.Oc1ccc(Br)cc1-c1c(F)ccc(F)c1-c1cc(Br)ccc1O. The van der Waals surface area contributed by atoms with Crippen molar-refractivity contribution in [2.24, 2.45) is 0 Å². The number of hydrogen-bond donors (Lipinski definition) is 2. The van der Waals surface area contributed by atoms with E-state index in [0.29, 0.717) is 31.6 Å². The van der Waals surface area contributed by atoms with E-state index in [1.807, 2.05) is 0 Å². The van der Waals surface area contributed by atoms with Crippen LogP contribution < -0.4 is 9.47 Å². The van der Waals surface area contributed by atoms with Gasteiger partial charge in [-0.25, -0.2) is 17.6 Å². The van der Waals surface area contributed by atoms with Crippen molar-refractivity contribution in [2.45, 2.75) is 7.43 Å². The Labute approximate surface area is 354 Å². The third-order valence-corrected chi connectivity index (χ3v) is 9.50. The second-order valence-electron chi connectivity index (χ2n) is 10.7. The van der Waals surface area contributed by atoms with Crippen LogP contribution in [0.5, 0.6) is 23.0 Å². The van der Waals surface area contributed by atoms with E-state index in [2.05, 4.69) is 63.7 Å². The molecule has 0 amide bonds. The molecule has 54 heavy (non-hydrogen) atoms. The van der Waals surface area contributed by atoms with E-state index < -0.39 is 23.3 Å². The van der Waals surface area contributed by atoms with Crippen molar-refractivity contribution in [3.8, 4) is 67.5 Å². The molecule has 6 aromatic rings. The number of rotatable bonds is 6. The molecule has 0 radical (unpaired) electrons. The van der Waals surface area contributed by atoms with E-state index >= 15 is 0 Å². The minimum Gasteiger partial charge on any atom is -0.507 e. The van der Waals surface area contributed by atoms with Gasteiger partial charge in [-0.05, 0) is 97.1 Å². The zero-order valence-corrected chi connectivity index (χ0v) is 35.3. The van der Waals surface area contributed by atoms with Gasteiger partial charge < -0.3 is 19.7 Å². The molecular weight excluding hydrogens is 1010 g/mol. The van der Waals surface area contributed by atoms with Gasteiger partial charge in [0.2, 0.25) is 0 Å². The van der Waals surface area contributed by atoms with Crippen LogP contribution in [0, 0.1) is 23.3 Å². The summed E-state index contributed by atoms with van der Waals surface area (Å²) in [4.78, 5) is 0. The van der Waals surface area contributed by atoms with Gasteiger partial charge in [-0.2, -0.15) is 0 Å². The van der Waals surface area contributed by atoms with Crippen molar-refractivity contribution in [3.05, 3.63) is 138 Å². The lowest BCUT2D eigenvalue weighted by atomic mass is 9.92. The Balaban J connectivity index is 0.000000267. The summed E-state index contributed by atoms with van der Waals surface area (Å²) < 4.78 is 72.3. The normalized spacial score (nSPS) is 10.3. The summed E-state index contributed by atoms with van der Waals surface area (Å²) in [6.07, 6.45) is 0. The highest BCUT2D eigenvalue weighted by atomic mass is 79.9. The molecule has 0 bridgehead atoms. The Kier molecular flexibility index (Phi) is 17.2. The molecule has 6 aromatic carbocycles. The van der Waals surface area contributed by atoms with Crippen LogP contribution in [0.25, 0.3) is 44.5 Å². The summed E-state index contributed by atoms with van der Waals surface area (Å²) in [5, 5.41) is 20.4. The lowest BCUT2D eigenvalue weighted by Crippen LogP contribution is -1.98. The van der Waals surface area contributed by atoms with E-state index in [1.54, 1.807) is 48.5 Å². The predicted molar refractivity (Wildman–Crippen MR) is 225 cm³/mol. The van der Waals surface area contributed by atoms with Crippen LogP contribution in [0.3, 0.4) is 0 Å². The molecule has 284 valence electrons. The summed E-state index contributed by atoms with van der Waals surface area (Å²) in [5.74, 6) is -2.05. The Hall–Kier alpha value is -3.26. The first-order chi connectivity index (χ1) is 25.3. The van der Waals surface area contributed by atoms with Crippen molar-refractivity contribution in [2.75, 3.05) is 19.6 Å². The third kappa shape index (κ3) is 10.5. The average Bonchev–Trinajstić information content (AvgIpc) is 3.13. The molecule has 0 aliphatic rings. The van der Waals surface area contributed by atoms with E-state index in [-0.39, 0.29) is 57.6 Å². The number of phenols is 2. The molecule has 4 nitrogen and oxygen atoms in total. The van der Waals surface area contributed by atoms with Gasteiger partial charge in [-0.15, -0.1) is 23.2 Å². The van der Waals surface area contributed by atoms with Gasteiger partial charge in [0.25, 0.3) is 0 Å². The summed E-state index contributed by atoms with van der Waals surface area (Å²) in [7, 11) is 2.98. The average molecular weight is 1040 g/mol. The summed E-state index contributed by atoms with van der Waals surface area (Å²) in [6.45, 7) is 0.